The van der Waals surface area contributed by atoms with E-state index in [9.17, 15) is 9.18 Å². The number of halogens is 1. The molecule has 4 nitrogen and oxygen atoms in total. The molecule has 0 unspecified atom stereocenters. The molecule has 0 fully saturated rings. The van der Waals surface area contributed by atoms with E-state index in [1.54, 1.807) is 35.5 Å². The van der Waals surface area contributed by atoms with Gasteiger partial charge in [-0.3, -0.25) is 4.52 Å². The Morgan fingerprint density at radius 2 is 2.12 bits per heavy atom. The summed E-state index contributed by atoms with van der Waals surface area (Å²) in [6.07, 6.45) is 0. The van der Waals surface area contributed by atoms with Crippen molar-refractivity contribution < 1.29 is 13.6 Å². The molecule has 0 saturated carbocycles. The summed E-state index contributed by atoms with van der Waals surface area (Å²) >= 11 is 1.59. The number of aromatic nitrogens is 2. The van der Waals surface area contributed by atoms with Gasteiger partial charge < -0.3 is 0 Å². The van der Waals surface area contributed by atoms with Crippen molar-refractivity contribution in [3.63, 3.8) is 0 Å². The minimum absolute atomic E-state index is 0.237. The molecule has 0 spiro atoms. The zero-order valence-electron chi connectivity index (χ0n) is 9.27. The molecule has 17 heavy (non-hydrogen) atoms. The van der Waals surface area contributed by atoms with Gasteiger partial charge in [-0.05, 0) is 29.5 Å². The molecule has 0 atom stereocenters. The lowest BCUT2D eigenvalue weighted by atomic mass is 10.4. The van der Waals surface area contributed by atoms with E-state index in [0.717, 1.165) is 10.6 Å². The molecule has 1 N–H and O–H groups in total. The van der Waals surface area contributed by atoms with Crippen LogP contribution in [0, 0.1) is 12.7 Å². The predicted octanol–water partition coefficient (Wildman–Crippen LogP) is 1.50. The van der Waals surface area contributed by atoms with Crippen LogP contribution in [-0.2, 0) is 6.54 Å². The number of nitrogens with one attached hydrogen (secondary N) is 1. The van der Waals surface area contributed by atoms with Gasteiger partial charge in [0.15, 0.2) is 6.54 Å². The van der Waals surface area contributed by atoms with Gasteiger partial charge >= 0.3 is 5.63 Å². The smallest absolute Gasteiger partial charge is 0.283 e. The maximum atomic E-state index is 12.7. The maximum absolute atomic E-state index is 12.7. The fourth-order valence-corrected chi connectivity index (χ4v) is 2.19. The second kappa shape index (κ2) is 5.18. The van der Waals surface area contributed by atoms with Gasteiger partial charge in [-0.15, -0.1) is 11.8 Å². The predicted molar refractivity (Wildman–Crippen MR) is 61.4 cm³/mol. The fraction of sp³-hybridized carbons (Fsp3) is 0.273. The van der Waals surface area contributed by atoms with E-state index in [0.29, 0.717) is 12.2 Å². The van der Waals surface area contributed by atoms with E-state index < -0.39 is 0 Å². The quantitative estimate of drug-likeness (QED) is 0.665. The summed E-state index contributed by atoms with van der Waals surface area (Å²) < 4.78 is 19.0. The molecule has 0 bridgehead atoms. The van der Waals surface area contributed by atoms with Crippen LogP contribution >= 0.6 is 11.8 Å². The van der Waals surface area contributed by atoms with Crippen LogP contribution in [0.1, 0.15) is 5.69 Å². The van der Waals surface area contributed by atoms with Crippen LogP contribution in [0.2, 0.25) is 0 Å². The van der Waals surface area contributed by atoms with Gasteiger partial charge in [0.2, 0.25) is 0 Å². The van der Waals surface area contributed by atoms with Crippen molar-refractivity contribution in [3.8, 4) is 0 Å². The third kappa shape index (κ3) is 2.97. The van der Waals surface area contributed by atoms with Crippen LogP contribution < -0.4 is 10.3 Å². The molecule has 0 aliphatic carbocycles. The summed E-state index contributed by atoms with van der Waals surface area (Å²) in [6.45, 7) is 2.34. The molecule has 2 aromatic rings. The third-order valence-electron chi connectivity index (χ3n) is 2.35. The molecule has 2 rings (SSSR count). The Kier molecular flexibility index (Phi) is 3.63. The molecule has 90 valence electrons. The molecule has 0 aliphatic heterocycles. The maximum Gasteiger partial charge on any atom is 0.429 e. The molecule has 6 heteroatoms. The molecule has 0 aliphatic rings. The number of hydrogen-bond donors (Lipinski definition) is 1. The van der Waals surface area contributed by atoms with Crippen LogP contribution in [0.4, 0.5) is 4.39 Å². The van der Waals surface area contributed by atoms with Crippen LogP contribution in [0.3, 0.4) is 0 Å². The van der Waals surface area contributed by atoms with E-state index in [1.807, 2.05) is 0 Å². The average molecular weight is 255 g/mol. The van der Waals surface area contributed by atoms with Crippen molar-refractivity contribution in [1.29, 1.82) is 0 Å². The van der Waals surface area contributed by atoms with Crippen LogP contribution in [0.25, 0.3) is 0 Å². The Morgan fingerprint density at radius 1 is 1.41 bits per heavy atom. The second-order valence-electron chi connectivity index (χ2n) is 3.52. The van der Waals surface area contributed by atoms with Gasteiger partial charge in [-0.25, -0.2) is 9.18 Å². The van der Waals surface area contributed by atoms with Gasteiger partial charge in [0.1, 0.15) is 5.82 Å². The zero-order chi connectivity index (χ0) is 12.3. The van der Waals surface area contributed by atoms with E-state index in [2.05, 4.69) is 9.79 Å². The lowest BCUT2D eigenvalue weighted by Crippen LogP contribution is -2.40. The number of nitrogens with zero attached hydrogens (tertiary/aromatic N) is 1. The number of thioether (sulfide) groups is 1. The van der Waals surface area contributed by atoms with Crippen LogP contribution in [-0.4, -0.2) is 11.0 Å². The van der Waals surface area contributed by atoms with Crippen LogP contribution in [0.15, 0.2) is 38.5 Å². The molecule has 1 aromatic heterocycles. The first-order valence-corrected chi connectivity index (χ1v) is 6.11. The van der Waals surface area contributed by atoms with Gasteiger partial charge in [-0.1, -0.05) is 4.68 Å². The Morgan fingerprint density at radius 3 is 2.71 bits per heavy atom. The average Bonchev–Trinajstić information content (AvgIpc) is 2.64. The van der Waals surface area contributed by atoms with Crippen LogP contribution in [0.5, 0.6) is 0 Å². The van der Waals surface area contributed by atoms with E-state index in [4.69, 9.17) is 0 Å². The molecule has 0 amide bonds. The number of aryl methyl sites for hydroxylation is 1. The highest BCUT2D eigenvalue weighted by Gasteiger charge is 2.14. The number of aromatic amines is 1. The largest absolute Gasteiger partial charge is 0.429 e. The molecule has 0 radical (unpaired) electrons. The SMILES string of the molecule is Cc1c(=O)o[nH][n+]1CCSc1ccc(F)cc1. The minimum atomic E-state index is -0.350. The van der Waals surface area contributed by atoms with Gasteiger partial charge in [0, 0.05) is 11.8 Å². The Balaban J connectivity index is 1.90. The molecule has 0 saturated heterocycles. The first-order chi connectivity index (χ1) is 8.16. The first kappa shape index (κ1) is 11.9. The van der Waals surface area contributed by atoms with Gasteiger partial charge in [-0.2, -0.15) is 0 Å². The van der Waals surface area contributed by atoms with Crippen molar-refractivity contribution in [2.24, 2.45) is 0 Å². The van der Waals surface area contributed by atoms with Crippen molar-refractivity contribution in [2.75, 3.05) is 5.75 Å². The van der Waals surface area contributed by atoms with E-state index in [1.165, 1.54) is 12.1 Å². The molecule has 1 aromatic carbocycles. The monoisotopic (exact) mass is 255 g/mol. The molecular formula is C11H12FN2O2S+. The topological polar surface area (TPSA) is 49.9 Å². The van der Waals surface area contributed by atoms with Gasteiger partial charge in [0.25, 0.3) is 5.69 Å². The summed E-state index contributed by atoms with van der Waals surface area (Å²) in [4.78, 5) is 12.0. The van der Waals surface area contributed by atoms with Crippen molar-refractivity contribution >= 4 is 11.8 Å². The second-order valence-corrected chi connectivity index (χ2v) is 4.69. The third-order valence-corrected chi connectivity index (χ3v) is 3.34. The standard InChI is InChI=1S/C11H11FN2O2S/c1-8-11(15)16-13-14(8)6-7-17-10-4-2-9(12)3-5-10/h2-5H,6-7H2,1H3/p+1. The number of hydrogen-bond acceptors (Lipinski definition) is 3. The number of H-pyrrole nitrogens is 1. The Bertz CT molecular complexity index is 547. The highest BCUT2D eigenvalue weighted by molar-refractivity contribution is 7.99. The normalized spacial score (nSPS) is 10.7. The van der Waals surface area contributed by atoms with Crippen molar-refractivity contribution in [1.82, 2.24) is 5.27 Å². The molecule has 1 heterocycles. The Labute approximate surface area is 101 Å². The summed E-state index contributed by atoms with van der Waals surface area (Å²) in [6, 6.07) is 6.33. The summed E-state index contributed by atoms with van der Waals surface area (Å²) in [5.41, 5.74) is 0.196. The van der Waals surface area contributed by atoms with Crippen molar-refractivity contribution in [2.45, 2.75) is 18.4 Å². The minimum Gasteiger partial charge on any atom is -0.283 e. The van der Waals surface area contributed by atoms with E-state index in [-0.39, 0.29) is 11.4 Å². The molecular weight excluding hydrogens is 243 g/mol. The first-order valence-electron chi connectivity index (χ1n) is 5.13. The summed E-state index contributed by atoms with van der Waals surface area (Å²) in [5, 5.41) is 2.52. The van der Waals surface area contributed by atoms with Gasteiger partial charge in [0.05, 0.1) is 5.75 Å². The number of benzene rings is 1. The fourth-order valence-electron chi connectivity index (χ4n) is 1.35. The zero-order valence-corrected chi connectivity index (χ0v) is 10.1. The lowest BCUT2D eigenvalue weighted by molar-refractivity contribution is -0.763. The summed E-state index contributed by atoms with van der Waals surface area (Å²) in [7, 11) is 0. The highest BCUT2D eigenvalue weighted by Crippen LogP contribution is 2.17. The van der Waals surface area contributed by atoms with Crippen molar-refractivity contribution in [3.05, 3.63) is 46.2 Å². The van der Waals surface area contributed by atoms with E-state index >= 15 is 0 Å². The highest BCUT2D eigenvalue weighted by atomic mass is 32.2. The lowest BCUT2D eigenvalue weighted by Gasteiger charge is -1.97. The Hall–Kier alpha value is -1.56. The summed E-state index contributed by atoms with van der Waals surface area (Å²) in [5.74, 6) is 0.533. The number of rotatable bonds is 4.